The number of rotatable bonds is 3. The summed E-state index contributed by atoms with van der Waals surface area (Å²) in [6.07, 6.45) is 3.61. The van der Waals surface area contributed by atoms with Crippen molar-refractivity contribution in [3.63, 3.8) is 0 Å². The highest BCUT2D eigenvalue weighted by atomic mass is 16.5. The molecule has 3 rings (SSSR count). The van der Waals surface area contributed by atoms with Gasteiger partial charge in [-0.2, -0.15) is 0 Å². The molecule has 0 amide bonds. The number of likely N-dealkylation sites (tertiary alicyclic amines) is 1. The molecule has 2 aliphatic heterocycles. The minimum Gasteiger partial charge on any atom is -0.492 e. The van der Waals surface area contributed by atoms with Crippen molar-refractivity contribution in [2.45, 2.75) is 31.8 Å². The van der Waals surface area contributed by atoms with Crippen molar-refractivity contribution in [2.24, 2.45) is 0 Å². The van der Waals surface area contributed by atoms with Crippen molar-refractivity contribution in [1.82, 2.24) is 9.80 Å². The minimum absolute atomic E-state index is 0.587. The summed E-state index contributed by atoms with van der Waals surface area (Å²) in [6, 6.07) is 7.00. The van der Waals surface area contributed by atoms with Gasteiger partial charge in [0, 0.05) is 6.04 Å². The van der Waals surface area contributed by atoms with Crippen molar-refractivity contribution >= 4 is 0 Å². The zero-order chi connectivity index (χ0) is 13.2. The molecule has 0 N–H and O–H groups in total. The van der Waals surface area contributed by atoms with E-state index in [0.29, 0.717) is 6.04 Å². The molecule has 2 heterocycles. The summed E-state index contributed by atoms with van der Waals surface area (Å²) in [6.45, 7) is 3.99. The Kier molecular flexibility index (Phi) is 3.76. The summed E-state index contributed by atoms with van der Waals surface area (Å²) in [4.78, 5) is 4.53. The number of hydrogen-bond donors (Lipinski definition) is 0. The molecule has 0 aromatic heterocycles. The average molecular weight is 259 g/mol. The van der Waals surface area contributed by atoms with E-state index in [4.69, 9.17) is 4.74 Å². The van der Waals surface area contributed by atoms with E-state index in [1.807, 2.05) is 0 Å². The highest BCUT2D eigenvalue weighted by molar-refractivity contribution is 5.41. The first-order valence-corrected chi connectivity index (χ1v) is 7.23. The Morgan fingerprint density at radius 2 is 2.26 bits per heavy atom. The molecule has 3 heteroatoms. The van der Waals surface area contributed by atoms with Crippen LogP contribution in [0.5, 0.6) is 5.75 Å². The maximum absolute atomic E-state index is 6.11. The molecule has 0 unspecified atom stereocenters. The molecule has 19 heavy (non-hydrogen) atoms. The van der Waals surface area contributed by atoms with Gasteiger partial charge in [0.05, 0.1) is 0 Å². The van der Waals surface area contributed by atoms with Gasteiger partial charge < -0.3 is 14.5 Å². The Balaban J connectivity index is 1.69. The van der Waals surface area contributed by atoms with Crippen LogP contribution in [-0.4, -0.2) is 42.6 Å². The Hall–Kier alpha value is -1.06. The lowest BCUT2D eigenvalue weighted by atomic mass is 9.99. The van der Waals surface area contributed by atoms with Gasteiger partial charge in [-0.1, -0.05) is 12.1 Å². The highest BCUT2D eigenvalue weighted by Crippen LogP contribution is 2.28. The molecule has 0 bridgehead atoms. The molecular weight excluding hydrogens is 236 g/mol. The molecule has 1 saturated heterocycles. The van der Waals surface area contributed by atoms with Crippen LogP contribution >= 0.6 is 0 Å². The number of hydrogen-bond acceptors (Lipinski definition) is 3. The van der Waals surface area contributed by atoms with Crippen molar-refractivity contribution < 1.29 is 4.74 Å². The lowest BCUT2D eigenvalue weighted by Crippen LogP contribution is -2.31. The lowest BCUT2D eigenvalue weighted by Gasteiger charge is -2.32. The molecule has 1 aromatic carbocycles. The fourth-order valence-electron chi connectivity index (χ4n) is 3.14. The van der Waals surface area contributed by atoms with E-state index >= 15 is 0 Å². The van der Waals surface area contributed by atoms with Crippen LogP contribution in [-0.2, 0) is 13.0 Å². The summed E-state index contributed by atoms with van der Waals surface area (Å²) in [7, 11) is 6.23. The highest BCUT2D eigenvalue weighted by Gasteiger charge is 2.22. The van der Waals surface area contributed by atoms with Gasteiger partial charge >= 0.3 is 0 Å². The van der Waals surface area contributed by atoms with E-state index in [-0.39, 0.29) is 0 Å². The van der Waals surface area contributed by atoms with E-state index in [2.05, 4.69) is 42.1 Å². The van der Waals surface area contributed by atoms with Crippen molar-refractivity contribution in [3.8, 4) is 5.75 Å². The first-order valence-electron chi connectivity index (χ1n) is 7.23. The maximum atomic E-state index is 6.11. The smallest absolute Gasteiger partial charge is 0.122 e. The predicted octanol–water partition coefficient (Wildman–Crippen LogP) is 2.31. The van der Waals surface area contributed by atoms with Gasteiger partial charge in [-0.05, 0) is 63.1 Å². The summed E-state index contributed by atoms with van der Waals surface area (Å²) in [5.41, 5.74) is 2.77. The van der Waals surface area contributed by atoms with Gasteiger partial charge in [0.25, 0.3) is 0 Å². The largest absolute Gasteiger partial charge is 0.492 e. The Labute approximate surface area is 116 Å². The summed E-state index contributed by atoms with van der Waals surface area (Å²) < 4.78 is 6.11. The van der Waals surface area contributed by atoms with E-state index in [1.54, 1.807) is 0 Å². The Morgan fingerprint density at radius 1 is 1.37 bits per heavy atom. The third-order valence-corrected chi connectivity index (χ3v) is 4.40. The van der Waals surface area contributed by atoms with Crippen LogP contribution < -0.4 is 4.74 Å². The minimum atomic E-state index is 0.587. The molecule has 0 aliphatic carbocycles. The normalized spacial score (nSPS) is 24.4. The van der Waals surface area contributed by atoms with Crippen LogP contribution in [0.1, 0.15) is 24.0 Å². The van der Waals surface area contributed by atoms with E-state index in [1.165, 1.54) is 30.5 Å². The third-order valence-electron chi connectivity index (χ3n) is 4.40. The summed E-state index contributed by atoms with van der Waals surface area (Å²) in [5.74, 6) is 1.09. The van der Waals surface area contributed by atoms with Gasteiger partial charge in [0.1, 0.15) is 12.4 Å². The number of fused-ring (bicyclic) bond motifs is 1. The standard InChI is InChI=1S/C16H23N2O/c1-17-10-8-15-13(11-17)5-3-7-16(15)19-12-14-6-4-9-18(14)2/h3,5,7,14H,1,4,6,8-12H2,2H3/q-1/t14-/m1/s1. The van der Waals surface area contributed by atoms with Crippen LogP contribution in [0.15, 0.2) is 18.2 Å². The topological polar surface area (TPSA) is 15.7 Å². The SMILES string of the molecule is [CH2-]N1CCc2c(cccc2OC[C@H]2CCCN2C)C1. The van der Waals surface area contributed by atoms with E-state index in [9.17, 15) is 0 Å². The second-order valence-corrected chi connectivity index (χ2v) is 5.78. The molecule has 0 spiro atoms. The average Bonchev–Trinajstić information content (AvgIpc) is 2.81. The van der Waals surface area contributed by atoms with E-state index < -0.39 is 0 Å². The van der Waals surface area contributed by atoms with E-state index in [0.717, 1.165) is 31.9 Å². The van der Waals surface area contributed by atoms with Crippen LogP contribution in [0, 0.1) is 7.05 Å². The fourth-order valence-corrected chi connectivity index (χ4v) is 3.14. The summed E-state index contributed by atoms with van der Waals surface area (Å²) >= 11 is 0. The van der Waals surface area contributed by atoms with Crippen molar-refractivity contribution in [2.75, 3.05) is 26.7 Å². The van der Waals surface area contributed by atoms with Gasteiger partial charge in [-0.15, -0.1) is 0 Å². The van der Waals surface area contributed by atoms with Crippen molar-refractivity contribution in [3.05, 3.63) is 36.4 Å². The zero-order valence-electron chi connectivity index (χ0n) is 11.8. The predicted molar refractivity (Wildman–Crippen MR) is 77.1 cm³/mol. The molecule has 3 nitrogen and oxygen atoms in total. The molecule has 104 valence electrons. The number of benzene rings is 1. The lowest BCUT2D eigenvalue weighted by molar-refractivity contribution is 0.195. The number of likely N-dealkylation sites (N-methyl/N-ethyl adjacent to an activating group) is 1. The van der Waals surface area contributed by atoms with Gasteiger partial charge in [0.2, 0.25) is 0 Å². The molecule has 0 radical (unpaired) electrons. The maximum Gasteiger partial charge on any atom is 0.122 e. The molecule has 0 saturated carbocycles. The quantitative estimate of drug-likeness (QED) is 0.775. The zero-order valence-corrected chi connectivity index (χ0v) is 11.8. The van der Waals surface area contributed by atoms with Crippen LogP contribution in [0.3, 0.4) is 0 Å². The molecule has 1 atom stereocenters. The van der Waals surface area contributed by atoms with Gasteiger partial charge in [0.15, 0.2) is 0 Å². The van der Waals surface area contributed by atoms with Crippen LogP contribution in [0.4, 0.5) is 0 Å². The fraction of sp³-hybridized carbons (Fsp3) is 0.562. The Bertz CT molecular complexity index is 446. The third kappa shape index (κ3) is 2.77. The summed E-state index contributed by atoms with van der Waals surface area (Å²) in [5, 5.41) is 0. The monoisotopic (exact) mass is 259 g/mol. The van der Waals surface area contributed by atoms with Crippen molar-refractivity contribution in [1.29, 1.82) is 0 Å². The Morgan fingerprint density at radius 3 is 3.05 bits per heavy atom. The molecular formula is C16H23N2O-. The number of nitrogens with zero attached hydrogens (tertiary/aromatic N) is 2. The first kappa shape index (κ1) is 12.9. The van der Waals surface area contributed by atoms with Crippen LogP contribution in [0.25, 0.3) is 0 Å². The second-order valence-electron chi connectivity index (χ2n) is 5.78. The second kappa shape index (κ2) is 5.51. The van der Waals surface area contributed by atoms with Crippen LogP contribution in [0.2, 0.25) is 0 Å². The molecule has 1 fully saturated rings. The van der Waals surface area contributed by atoms with Gasteiger partial charge in [-0.3, -0.25) is 7.05 Å². The molecule has 2 aliphatic rings. The number of ether oxygens (including phenoxy) is 1. The van der Waals surface area contributed by atoms with Gasteiger partial charge in [-0.25, -0.2) is 0 Å². The first-order chi connectivity index (χ1) is 9.24. The molecule has 1 aromatic rings.